The number of halogens is 1. The molecule has 0 saturated heterocycles. The number of carboxylic acids is 2. The minimum atomic E-state index is -1.82. The molecule has 0 radical (unpaired) electrons. The molecular weight excluding hydrogens is 406 g/mol. The second-order valence-electron chi connectivity index (χ2n) is 5.02. The fourth-order valence-electron chi connectivity index (χ4n) is 1.99. The van der Waals surface area contributed by atoms with Crippen LogP contribution < -0.4 is 14.8 Å². The van der Waals surface area contributed by atoms with E-state index < -0.39 is 11.9 Å². The molecule has 0 saturated carbocycles. The van der Waals surface area contributed by atoms with Gasteiger partial charge in [-0.05, 0) is 23.8 Å². The molecule has 2 aromatic carbocycles. The summed E-state index contributed by atoms with van der Waals surface area (Å²) in [4.78, 5) is 18.2. The summed E-state index contributed by atoms with van der Waals surface area (Å²) in [6.45, 7) is 1.56. The van der Waals surface area contributed by atoms with Gasteiger partial charge >= 0.3 is 11.9 Å². The summed E-state index contributed by atoms with van der Waals surface area (Å²) in [6.07, 6.45) is 0. The molecule has 7 nitrogen and oxygen atoms in total. The van der Waals surface area contributed by atoms with E-state index in [1.807, 2.05) is 30.3 Å². The third-order valence-electron chi connectivity index (χ3n) is 3.21. The topological polar surface area (TPSA) is 105 Å². The number of benzene rings is 2. The highest BCUT2D eigenvalue weighted by atomic mass is 79.9. The Labute approximate surface area is 159 Å². The maximum Gasteiger partial charge on any atom is 0.414 e. The van der Waals surface area contributed by atoms with Gasteiger partial charge in [0.05, 0.1) is 14.2 Å². The van der Waals surface area contributed by atoms with Crippen LogP contribution in [0.4, 0.5) is 0 Å². The molecule has 0 fully saturated rings. The van der Waals surface area contributed by atoms with Crippen LogP contribution in [0.3, 0.4) is 0 Å². The average molecular weight is 426 g/mol. The van der Waals surface area contributed by atoms with E-state index in [1.165, 1.54) is 5.56 Å². The third-order valence-corrected chi connectivity index (χ3v) is 3.70. The van der Waals surface area contributed by atoms with Crippen molar-refractivity contribution in [2.24, 2.45) is 0 Å². The summed E-state index contributed by atoms with van der Waals surface area (Å²) in [5, 5.41) is 18.2. The normalized spacial score (nSPS) is 9.65. The molecule has 3 N–H and O–H groups in total. The van der Waals surface area contributed by atoms with Crippen LogP contribution in [-0.4, -0.2) is 36.4 Å². The molecule has 0 aliphatic rings. The van der Waals surface area contributed by atoms with Gasteiger partial charge in [0.15, 0.2) is 0 Å². The van der Waals surface area contributed by atoms with Crippen molar-refractivity contribution in [1.82, 2.24) is 5.32 Å². The molecule has 2 rings (SSSR count). The van der Waals surface area contributed by atoms with E-state index in [1.54, 1.807) is 14.2 Å². The Bertz CT molecular complexity index is 738. The number of carbonyl (C=O) groups is 2. The fourth-order valence-corrected chi connectivity index (χ4v) is 2.43. The van der Waals surface area contributed by atoms with Crippen LogP contribution >= 0.6 is 15.9 Å². The first-order valence-electron chi connectivity index (χ1n) is 7.49. The number of ether oxygens (including phenoxy) is 2. The molecule has 0 aliphatic carbocycles. The zero-order valence-corrected chi connectivity index (χ0v) is 15.9. The largest absolute Gasteiger partial charge is 0.497 e. The molecule has 2 aromatic rings. The Balaban J connectivity index is 0.000000487. The minimum absolute atomic E-state index is 0.750. The van der Waals surface area contributed by atoms with Crippen molar-refractivity contribution in [3.05, 3.63) is 58.1 Å². The Morgan fingerprint density at radius 3 is 2.23 bits per heavy atom. The summed E-state index contributed by atoms with van der Waals surface area (Å²) in [5.41, 5.74) is 2.36. The number of hydrogen-bond acceptors (Lipinski definition) is 5. The lowest BCUT2D eigenvalue weighted by Crippen LogP contribution is -2.13. The van der Waals surface area contributed by atoms with Crippen LogP contribution in [0.2, 0.25) is 0 Å². The van der Waals surface area contributed by atoms with Gasteiger partial charge in [0.1, 0.15) is 11.5 Å². The monoisotopic (exact) mass is 425 g/mol. The molecule has 0 bridgehead atoms. The van der Waals surface area contributed by atoms with E-state index in [0.717, 1.165) is 34.6 Å². The second-order valence-corrected chi connectivity index (χ2v) is 5.94. The quantitative estimate of drug-likeness (QED) is 0.610. The van der Waals surface area contributed by atoms with E-state index in [-0.39, 0.29) is 0 Å². The Hall–Kier alpha value is -2.58. The maximum atomic E-state index is 9.10. The number of aliphatic carboxylic acids is 2. The van der Waals surface area contributed by atoms with E-state index in [4.69, 9.17) is 29.3 Å². The van der Waals surface area contributed by atoms with Gasteiger partial charge in [-0.2, -0.15) is 0 Å². The number of nitrogens with one attached hydrogen (secondary N) is 1. The molecule has 0 amide bonds. The summed E-state index contributed by atoms with van der Waals surface area (Å²) < 4.78 is 11.7. The first kappa shape index (κ1) is 21.5. The smallest absolute Gasteiger partial charge is 0.414 e. The highest BCUT2D eigenvalue weighted by Gasteiger charge is 2.05. The van der Waals surface area contributed by atoms with Crippen molar-refractivity contribution in [2.45, 2.75) is 13.1 Å². The standard InChI is InChI=1S/C16H18BrNO2.C2H2O4/c1-19-15-7-6-13(16(9-15)20-2)11-18-10-12-4-3-5-14(17)8-12;3-1(4)2(5)6/h3-9,18H,10-11H2,1-2H3;(H,3,4)(H,5,6). The van der Waals surface area contributed by atoms with Crippen LogP contribution in [0.25, 0.3) is 0 Å². The van der Waals surface area contributed by atoms with Crippen molar-refractivity contribution in [3.8, 4) is 11.5 Å². The van der Waals surface area contributed by atoms with Gasteiger partial charge in [0, 0.05) is 29.2 Å². The van der Waals surface area contributed by atoms with Gasteiger partial charge in [0.2, 0.25) is 0 Å². The van der Waals surface area contributed by atoms with Crippen molar-refractivity contribution in [1.29, 1.82) is 0 Å². The first-order chi connectivity index (χ1) is 12.4. The number of hydrogen-bond donors (Lipinski definition) is 3. The predicted octanol–water partition coefficient (Wildman–Crippen LogP) is 2.91. The van der Waals surface area contributed by atoms with Gasteiger partial charge in [0.25, 0.3) is 0 Å². The lowest BCUT2D eigenvalue weighted by atomic mass is 10.1. The zero-order valence-electron chi connectivity index (χ0n) is 14.4. The molecule has 0 spiro atoms. The SMILES string of the molecule is COc1ccc(CNCc2cccc(Br)c2)c(OC)c1.O=C(O)C(=O)O. The Kier molecular flexibility index (Phi) is 9.18. The van der Waals surface area contributed by atoms with Gasteiger partial charge < -0.3 is 25.0 Å². The molecule has 0 atom stereocenters. The van der Waals surface area contributed by atoms with Crippen molar-refractivity contribution in [3.63, 3.8) is 0 Å². The van der Waals surface area contributed by atoms with Gasteiger partial charge in [-0.3, -0.25) is 0 Å². The summed E-state index contributed by atoms with van der Waals surface area (Å²) in [5.74, 6) is -2.01. The Morgan fingerprint density at radius 2 is 1.69 bits per heavy atom. The predicted molar refractivity (Wildman–Crippen MR) is 99.5 cm³/mol. The number of rotatable bonds is 6. The molecule has 0 aromatic heterocycles. The minimum Gasteiger partial charge on any atom is -0.497 e. The molecule has 8 heteroatoms. The Morgan fingerprint density at radius 1 is 1.00 bits per heavy atom. The molecule has 0 aliphatic heterocycles. The van der Waals surface area contributed by atoms with Gasteiger partial charge in [-0.1, -0.05) is 34.1 Å². The number of carboxylic acid groups (broad SMARTS) is 2. The van der Waals surface area contributed by atoms with E-state index in [0.29, 0.717) is 0 Å². The summed E-state index contributed by atoms with van der Waals surface area (Å²) in [6, 6.07) is 14.1. The molecule has 0 heterocycles. The maximum absolute atomic E-state index is 9.10. The zero-order chi connectivity index (χ0) is 19.5. The lowest BCUT2D eigenvalue weighted by Gasteiger charge is -2.11. The van der Waals surface area contributed by atoms with E-state index in [9.17, 15) is 0 Å². The van der Waals surface area contributed by atoms with E-state index in [2.05, 4.69) is 33.4 Å². The van der Waals surface area contributed by atoms with E-state index >= 15 is 0 Å². The molecule has 0 unspecified atom stereocenters. The molecular formula is C18H20BrNO6. The van der Waals surface area contributed by atoms with Crippen molar-refractivity contribution in [2.75, 3.05) is 14.2 Å². The highest BCUT2D eigenvalue weighted by molar-refractivity contribution is 9.10. The van der Waals surface area contributed by atoms with Crippen LogP contribution in [0.5, 0.6) is 11.5 Å². The molecule has 140 valence electrons. The van der Waals surface area contributed by atoms with Crippen molar-refractivity contribution < 1.29 is 29.3 Å². The van der Waals surface area contributed by atoms with Crippen molar-refractivity contribution >= 4 is 27.9 Å². The average Bonchev–Trinajstić information content (AvgIpc) is 2.62. The fraction of sp³-hybridized carbons (Fsp3) is 0.222. The third kappa shape index (κ3) is 7.54. The summed E-state index contributed by atoms with van der Waals surface area (Å²) >= 11 is 3.48. The lowest BCUT2D eigenvalue weighted by molar-refractivity contribution is -0.159. The van der Waals surface area contributed by atoms with Crippen LogP contribution in [0.1, 0.15) is 11.1 Å². The van der Waals surface area contributed by atoms with Gasteiger partial charge in [-0.25, -0.2) is 9.59 Å². The van der Waals surface area contributed by atoms with Gasteiger partial charge in [-0.15, -0.1) is 0 Å². The summed E-state index contributed by atoms with van der Waals surface area (Å²) in [7, 11) is 3.33. The first-order valence-corrected chi connectivity index (χ1v) is 8.29. The van der Waals surface area contributed by atoms with Crippen LogP contribution in [0.15, 0.2) is 46.9 Å². The number of methoxy groups -OCH3 is 2. The second kappa shape index (κ2) is 11.1. The highest BCUT2D eigenvalue weighted by Crippen LogP contribution is 2.24. The van der Waals surface area contributed by atoms with Crippen LogP contribution in [-0.2, 0) is 22.7 Å². The molecule has 26 heavy (non-hydrogen) atoms. The van der Waals surface area contributed by atoms with Crippen LogP contribution in [0, 0.1) is 0 Å².